The number of rotatable bonds is 4. The van der Waals surface area contributed by atoms with Crippen molar-refractivity contribution in [1.82, 2.24) is 0 Å². The van der Waals surface area contributed by atoms with Crippen LogP contribution in [-0.4, -0.2) is 17.0 Å². The molecule has 0 aromatic rings. The molecule has 27 heavy (non-hydrogen) atoms. The van der Waals surface area contributed by atoms with Crippen LogP contribution in [0.15, 0.2) is 11.1 Å². The molecule has 0 heterocycles. The molecule has 3 saturated carbocycles. The summed E-state index contributed by atoms with van der Waals surface area (Å²) in [5.74, 6) is 2.42. The highest BCUT2D eigenvalue weighted by Gasteiger charge is 2.76. The number of Topliss-reactive ketones (excluding diaryl/α,β-unsaturated/α-hetero) is 1. The minimum absolute atomic E-state index is 0.0608. The highest BCUT2D eigenvalue weighted by atomic mass is 16.3. The highest BCUT2D eigenvalue weighted by molar-refractivity contribution is 5.80. The van der Waals surface area contributed by atoms with Crippen LogP contribution < -0.4 is 0 Å². The van der Waals surface area contributed by atoms with E-state index in [9.17, 15) is 9.90 Å². The predicted octanol–water partition coefficient (Wildman–Crippen LogP) is 5.83. The molecule has 0 saturated heterocycles. The van der Waals surface area contributed by atoms with Crippen molar-refractivity contribution >= 4 is 5.78 Å². The Hall–Kier alpha value is -0.630. The number of ketones is 1. The van der Waals surface area contributed by atoms with Crippen molar-refractivity contribution in [3.8, 4) is 0 Å². The van der Waals surface area contributed by atoms with E-state index in [-0.39, 0.29) is 11.5 Å². The molecule has 3 fully saturated rings. The van der Waals surface area contributed by atoms with Crippen molar-refractivity contribution in [2.75, 3.05) is 0 Å². The second-order valence-corrected chi connectivity index (χ2v) is 11.5. The van der Waals surface area contributed by atoms with Gasteiger partial charge in [0.2, 0.25) is 0 Å². The summed E-state index contributed by atoms with van der Waals surface area (Å²) >= 11 is 0. The van der Waals surface area contributed by atoms with Gasteiger partial charge in [-0.3, -0.25) is 4.79 Å². The zero-order chi connectivity index (χ0) is 19.0. The van der Waals surface area contributed by atoms with E-state index in [2.05, 4.69) is 20.8 Å². The number of hydrogen-bond donors (Lipinski definition) is 1. The lowest BCUT2D eigenvalue weighted by molar-refractivity contribution is -0.124. The van der Waals surface area contributed by atoms with E-state index in [1.807, 2.05) is 0 Å². The van der Waals surface area contributed by atoms with Crippen LogP contribution in [0.4, 0.5) is 0 Å². The predicted molar refractivity (Wildman–Crippen MR) is 108 cm³/mol. The fourth-order valence-corrected chi connectivity index (χ4v) is 8.51. The van der Waals surface area contributed by atoms with Gasteiger partial charge >= 0.3 is 0 Å². The van der Waals surface area contributed by atoms with Crippen molar-refractivity contribution in [3.05, 3.63) is 11.1 Å². The molecule has 0 aliphatic heterocycles. The summed E-state index contributed by atoms with van der Waals surface area (Å²) in [5, 5.41) is 10.9. The molecule has 5 aliphatic rings. The summed E-state index contributed by atoms with van der Waals surface area (Å²) < 4.78 is 0. The topological polar surface area (TPSA) is 37.3 Å². The first kappa shape index (κ1) is 18.4. The van der Waals surface area contributed by atoms with Crippen LogP contribution >= 0.6 is 0 Å². The molecule has 1 N–H and O–H groups in total. The third kappa shape index (κ3) is 2.38. The number of aliphatic hydroxyl groups is 1. The molecule has 2 unspecified atom stereocenters. The van der Waals surface area contributed by atoms with Crippen LogP contribution in [0.2, 0.25) is 0 Å². The molecule has 1 spiro atoms. The van der Waals surface area contributed by atoms with Gasteiger partial charge in [0.25, 0.3) is 0 Å². The smallest absolute Gasteiger partial charge is 0.133 e. The van der Waals surface area contributed by atoms with Crippen molar-refractivity contribution in [2.45, 2.75) is 104 Å². The maximum atomic E-state index is 12.1. The molecule has 5 rings (SSSR count). The molecule has 0 aromatic carbocycles. The first-order valence-corrected chi connectivity index (χ1v) is 11.8. The highest BCUT2D eigenvalue weighted by Crippen LogP contribution is 2.82. The lowest BCUT2D eigenvalue weighted by Gasteiger charge is -2.55. The van der Waals surface area contributed by atoms with Crippen molar-refractivity contribution in [1.29, 1.82) is 0 Å². The molecular weight excluding hydrogens is 332 g/mol. The average molecular weight is 371 g/mol. The van der Waals surface area contributed by atoms with Crippen LogP contribution in [0, 0.1) is 34.0 Å². The molecule has 0 aromatic heterocycles. The maximum Gasteiger partial charge on any atom is 0.133 e. The summed E-state index contributed by atoms with van der Waals surface area (Å²) in [6, 6.07) is 0. The van der Waals surface area contributed by atoms with Crippen molar-refractivity contribution in [2.24, 2.45) is 34.0 Å². The minimum Gasteiger partial charge on any atom is -0.393 e. The Morgan fingerprint density at radius 1 is 1.11 bits per heavy atom. The van der Waals surface area contributed by atoms with Gasteiger partial charge in [0, 0.05) is 18.3 Å². The molecule has 0 radical (unpaired) electrons. The molecular formula is C25H38O2. The van der Waals surface area contributed by atoms with Gasteiger partial charge in [-0.25, -0.2) is 0 Å². The Morgan fingerprint density at radius 2 is 1.93 bits per heavy atom. The zero-order valence-corrected chi connectivity index (χ0v) is 17.7. The summed E-state index contributed by atoms with van der Waals surface area (Å²) in [7, 11) is 0. The van der Waals surface area contributed by atoms with Gasteiger partial charge in [-0.15, -0.1) is 0 Å². The zero-order valence-electron chi connectivity index (χ0n) is 17.7. The molecule has 5 aliphatic carbocycles. The number of carbonyl (C=O) groups excluding carboxylic acids is 1. The van der Waals surface area contributed by atoms with Gasteiger partial charge in [0.15, 0.2) is 0 Å². The lowest BCUT2D eigenvalue weighted by atomic mass is 9.49. The van der Waals surface area contributed by atoms with Gasteiger partial charge in [-0.1, -0.05) is 44.8 Å². The second-order valence-electron chi connectivity index (χ2n) is 11.5. The van der Waals surface area contributed by atoms with Crippen LogP contribution in [0.5, 0.6) is 0 Å². The Balaban J connectivity index is 1.50. The number of allylic oxidation sites excluding steroid dienone is 2. The Bertz CT molecular complexity index is 690. The Labute approximate surface area is 165 Å². The lowest BCUT2D eigenvalue weighted by Crippen LogP contribution is -2.45. The van der Waals surface area contributed by atoms with Gasteiger partial charge in [-0.05, 0) is 80.0 Å². The van der Waals surface area contributed by atoms with E-state index in [1.165, 1.54) is 51.4 Å². The summed E-state index contributed by atoms with van der Waals surface area (Å²) in [6.07, 6.45) is 13.9. The molecule has 6 atom stereocenters. The molecule has 2 heteroatoms. The van der Waals surface area contributed by atoms with Gasteiger partial charge in [-0.2, -0.15) is 0 Å². The molecule has 0 amide bonds. The van der Waals surface area contributed by atoms with E-state index in [0.29, 0.717) is 28.4 Å². The fraction of sp³-hybridized carbons (Fsp3) is 0.880. The quantitative estimate of drug-likeness (QED) is 0.632. The third-order valence-electron chi connectivity index (χ3n) is 9.95. The number of aliphatic hydroxyl groups excluding tert-OH is 1. The fourth-order valence-electron chi connectivity index (χ4n) is 8.51. The van der Waals surface area contributed by atoms with E-state index in [1.54, 1.807) is 11.1 Å². The standard InChI is InChI=1S/C25H38O2/c1-16(2)5-4-10-24-12-9-19-20(25(24)14-21(25)22(27)15-24)7-6-17-13-18(26)8-11-23(17,19)3/h16-17,21-22,27H,4-15H2,1-3H3/t17?,21?,22-,23-,24+,25+/m0/s1. The Kier molecular flexibility index (Phi) is 4.05. The summed E-state index contributed by atoms with van der Waals surface area (Å²) in [4.78, 5) is 12.1. The van der Waals surface area contributed by atoms with Gasteiger partial charge in [0.1, 0.15) is 5.78 Å². The van der Waals surface area contributed by atoms with E-state index in [4.69, 9.17) is 0 Å². The van der Waals surface area contributed by atoms with Crippen LogP contribution in [0.3, 0.4) is 0 Å². The first-order valence-electron chi connectivity index (χ1n) is 11.8. The van der Waals surface area contributed by atoms with E-state index < -0.39 is 0 Å². The average Bonchev–Trinajstić information content (AvgIpc) is 3.30. The van der Waals surface area contributed by atoms with Crippen molar-refractivity contribution < 1.29 is 9.90 Å². The van der Waals surface area contributed by atoms with E-state index in [0.717, 1.165) is 31.6 Å². The number of fused-ring (bicyclic) bond motifs is 2. The minimum atomic E-state index is -0.0608. The van der Waals surface area contributed by atoms with E-state index >= 15 is 0 Å². The Morgan fingerprint density at radius 3 is 2.67 bits per heavy atom. The van der Waals surface area contributed by atoms with Crippen LogP contribution in [0.25, 0.3) is 0 Å². The summed E-state index contributed by atoms with van der Waals surface area (Å²) in [5.41, 5.74) is 4.58. The van der Waals surface area contributed by atoms with Crippen LogP contribution in [0.1, 0.15) is 97.8 Å². The summed E-state index contributed by atoms with van der Waals surface area (Å²) in [6.45, 7) is 7.17. The first-order chi connectivity index (χ1) is 12.8. The normalized spacial score (nSPS) is 48.2. The number of carbonyl (C=O) groups is 1. The monoisotopic (exact) mass is 370 g/mol. The van der Waals surface area contributed by atoms with Crippen molar-refractivity contribution in [3.63, 3.8) is 0 Å². The number of hydrogen-bond acceptors (Lipinski definition) is 2. The van der Waals surface area contributed by atoms with Gasteiger partial charge < -0.3 is 5.11 Å². The third-order valence-corrected chi connectivity index (χ3v) is 9.95. The van der Waals surface area contributed by atoms with Gasteiger partial charge in [0.05, 0.1) is 6.10 Å². The molecule has 150 valence electrons. The maximum absolute atomic E-state index is 12.1. The molecule has 2 nitrogen and oxygen atoms in total. The molecule has 0 bridgehead atoms. The van der Waals surface area contributed by atoms with Crippen LogP contribution in [-0.2, 0) is 4.79 Å². The largest absolute Gasteiger partial charge is 0.393 e. The SMILES string of the molecule is CC(C)CCC[C@]12CCC3=C(CCC4CC(=O)CC[C@]34C)[C@@]13CC3[C@@H](O)C2. The second kappa shape index (κ2) is 5.94.